The van der Waals surface area contributed by atoms with Crippen LogP contribution in [0.4, 0.5) is 0 Å². The molecular weight excluding hydrogens is 757 g/mol. The number of furan rings is 1. The summed E-state index contributed by atoms with van der Waals surface area (Å²) in [5.74, 6) is 1.44. The summed E-state index contributed by atoms with van der Waals surface area (Å²) in [6, 6.07) is 76.8. The van der Waals surface area contributed by atoms with Crippen molar-refractivity contribution in [1.29, 1.82) is 0 Å². The minimum absolute atomic E-state index is 0.659. The van der Waals surface area contributed by atoms with Gasteiger partial charge in [-0.15, -0.1) is 0 Å². The zero-order chi connectivity index (χ0) is 41.0. The largest absolute Gasteiger partial charge is 0.456 e. The van der Waals surface area contributed by atoms with Gasteiger partial charge in [0.05, 0.1) is 22.2 Å². The van der Waals surface area contributed by atoms with Gasteiger partial charge in [-0.1, -0.05) is 162 Å². The second-order valence-corrected chi connectivity index (χ2v) is 15.6. The Hall–Kier alpha value is -8.41. The van der Waals surface area contributed by atoms with Gasteiger partial charge in [0, 0.05) is 44.9 Å². The van der Waals surface area contributed by atoms with Gasteiger partial charge in [0.2, 0.25) is 6.33 Å². The lowest BCUT2D eigenvalue weighted by Crippen LogP contribution is -2.36. The van der Waals surface area contributed by atoms with Gasteiger partial charge in [-0.2, -0.15) is 4.57 Å². The van der Waals surface area contributed by atoms with Crippen LogP contribution in [0.3, 0.4) is 0 Å². The van der Waals surface area contributed by atoms with Crippen molar-refractivity contribution in [2.24, 2.45) is 0 Å². The number of benzene rings is 9. The summed E-state index contributed by atoms with van der Waals surface area (Å²) >= 11 is 0. The number of hydrogen-bond acceptors (Lipinski definition) is 3. The van der Waals surface area contributed by atoms with Gasteiger partial charge in [-0.3, -0.25) is 0 Å². The molecule has 0 radical (unpaired) electrons. The van der Waals surface area contributed by atoms with E-state index >= 15 is 0 Å². The molecule has 0 aliphatic rings. The van der Waals surface area contributed by atoms with Gasteiger partial charge in [-0.05, 0) is 82.4 Å². The van der Waals surface area contributed by atoms with Crippen LogP contribution in [0.5, 0.6) is 0 Å². The standard InChI is InChI=1S/C57H37N4O/c1-5-17-38(18-6-1)44-25-13-14-26-45(44)39-29-31-40(32-30-39)47-33-49-50-34-48-46-27-15-16-28-51(46)61(43-23-11-4-12-24-43)53(48)36-55(50)62-54(49)35-52(47)60-37-58-56(41-19-7-2-8-20-41)59-57(60)42-21-9-3-10-22-42/h1-37H/q+1. The minimum Gasteiger partial charge on any atom is -0.456 e. The van der Waals surface area contributed by atoms with E-state index in [-0.39, 0.29) is 0 Å². The molecule has 9 aromatic carbocycles. The molecule has 0 amide bonds. The fourth-order valence-corrected chi connectivity index (χ4v) is 9.04. The molecule has 0 N–H and O–H groups in total. The van der Waals surface area contributed by atoms with Crippen molar-refractivity contribution in [1.82, 2.24) is 14.5 Å². The van der Waals surface area contributed by atoms with Crippen molar-refractivity contribution in [2.45, 2.75) is 0 Å². The van der Waals surface area contributed by atoms with Crippen LogP contribution in [0.1, 0.15) is 0 Å². The van der Waals surface area contributed by atoms with Crippen LogP contribution >= 0.6 is 0 Å². The molecule has 5 heteroatoms. The third-order valence-electron chi connectivity index (χ3n) is 12.0. The molecule has 0 saturated carbocycles. The highest BCUT2D eigenvalue weighted by atomic mass is 16.3. The van der Waals surface area contributed by atoms with Crippen molar-refractivity contribution < 1.29 is 8.98 Å². The third-order valence-corrected chi connectivity index (χ3v) is 12.0. The number of hydrogen-bond donors (Lipinski definition) is 0. The summed E-state index contributed by atoms with van der Waals surface area (Å²) in [7, 11) is 0. The van der Waals surface area contributed by atoms with Crippen LogP contribution in [0.25, 0.3) is 111 Å². The lowest BCUT2D eigenvalue weighted by atomic mass is 9.93. The van der Waals surface area contributed by atoms with Gasteiger partial charge >= 0.3 is 5.82 Å². The van der Waals surface area contributed by atoms with E-state index in [2.05, 4.69) is 191 Å². The summed E-state index contributed by atoms with van der Waals surface area (Å²) in [6.45, 7) is 0. The van der Waals surface area contributed by atoms with E-state index in [0.717, 1.165) is 78.0 Å². The fraction of sp³-hybridized carbons (Fsp3) is 0. The molecule has 3 heterocycles. The Morgan fingerprint density at radius 1 is 0.387 bits per heavy atom. The SMILES string of the molecule is c1ccc(-c2nc[n+](-c3cc4oc5cc6c(cc5c4cc3-c3ccc(-c4ccccc4-c4ccccc4)cc3)c3ccccc3n6-c3ccccc3)c(-c3ccccc3)n2)cc1. The Labute approximate surface area is 358 Å². The first kappa shape index (κ1) is 35.5. The molecular formula is C57H37N4O+. The topological polar surface area (TPSA) is 47.7 Å². The lowest BCUT2D eigenvalue weighted by Gasteiger charge is -2.14. The second kappa shape index (κ2) is 14.7. The van der Waals surface area contributed by atoms with Gasteiger partial charge in [0.1, 0.15) is 16.9 Å². The van der Waals surface area contributed by atoms with Gasteiger partial charge in [0.25, 0.3) is 5.82 Å². The first-order chi connectivity index (χ1) is 30.7. The summed E-state index contributed by atoms with van der Waals surface area (Å²) in [5.41, 5.74) is 14.7. The van der Waals surface area contributed by atoms with Crippen molar-refractivity contribution >= 4 is 43.7 Å². The van der Waals surface area contributed by atoms with Crippen LogP contribution < -0.4 is 4.57 Å². The maximum absolute atomic E-state index is 6.90. The van der Waals surface area contributed by atoms with E-state index in [1.807, 2.05) is 42.7 Å². The van der Waals surface area contributed by atoms with Crippen molar-refractivity contribution in [3.8, 4) is 67.5 Å². The molecule has 12 rings (SSSR count). The Bertz CT molecular complexity index is 3600. The number of aromatic nitrogens is 4. The summed E-state index contributed by atoms with van der Waals surface area (Å²) < 4.78 is 11.3. The van der Waals surface area contributed by atoms with Crippen molar-refractivity contribution in [3.63, 3.8) is 0 Å². The van der Waals surface area contributed by atoms with Gasteiger partial charge < -0.3 is 8.98 Å². The minimum atomic E-state index is 0.659. The monoisotopic (exact) mass is 793 g/mol. The zero-order valence-electron chi connectivity index (χ0n) is 33.6. The highest BCUT2D eigenvalue weighted by molar-refractivity contribution is 6.18. The molecule has 0 fully saturated rings. The Morgan fingerprint density at radius 2 is 0.919 bits per heavy atom. The molecule has 0 saturated heterocycles. The first-order valence-electron chi connectivity index (χ1n) is 20.9. The molecule has 0 unspecified atom stereocenters. The lowest BCUT2D eigenvalue weighted by molar-refractivity contribution is -0.589. The second-order valence-electron chi connectivity index (χ2n) is 15.6. The average Bonchev–Trinajstić information content (AvgIpc) is 3.87. The molecule has 62 heavy (non-hydrogen) atoms. The molecule has 3 aromatic heterocycles. The number of para-hydroxylation sites is 2. The molecule has 0 bridgehead atoms. The zero-order valence-corrected chi connectivity index (χ0v) is 33.6. The van der Waals surface area contributed by atoms with Crippen LogP contribution in [-0.2, 0) is 0 Å². The van der Waals surface area contributed by atoms with Gasteiger partial charge in [0.15, 0.2) is 0 Å². The normalized spacial score (nSPS) is 11.5. The predicted molar refractivity (Wildman–Crippen MR) is 252 cm³/mol. The van der Waals surface area contributed by atoms with E-state index in [9.17, 15) is 0 Å². The van der Waals surface area contributed by atoms with E-state index < -0.39 is 0 Å². The van der Waals surface area contributed by atoms with E-state index in [1.165, 1.54) is 27.5 Å². The molecule has 0 aliphatic carbocycles. The quantitative estimate of drug-likeness (QED) is 0.151. The van der Waals surface area contributed by atoms with Crippen LogP contribution in [0.2, 0.25) is 0 Å². The van der Waals surface area contributed by atoms with Crippen LogP contribution in [-0.4, -0.2) is 14.5 Å². The number of nitrogens with zero attached hydrogens (tertiary/aromatic N) is 4. The van der Waals surface area contributed by atoms with Crippen LogP contribution in [0.15, 0.2) is 229 Å². The average molecular weight is 794 g/mol. The Morgan fingerprint density at radius 3 is 1.61 bits per heavy atom. The molecule has 12 aromatic rings. The van der Waals surface area contributed by atoms with Crippen LogP contribution in [0, 0.1) is 0 Å². The molecule has 290 valence electrons. The van der Waals surface area contributed by atoms with E-state index in [1.54, 1.807) is 0 Å². The number of fused-ring (bicyclic) bond motifs is 6. The Balaban J connectivity index is 1.10. The summed E-state index contributed by atoms with van der Waals surface area (Å²) in [5, 5.41) is 4.48. The Kier molecular flexibility index (Phi) is 8.42. The van der Waals surface area contributed by atoms with Crippen molar-refractivity contribution in [3.05, 3.63) is 225 Å². The van der Waals surface area contributed by atoms with Gasteiger partial charge in [-0.25, -0.2) is 0 Å². The highest BCUT2D eigenvalue weighted by Gasteiger charge is 2.25. The molecule has 5 nitrogen and oxygen atoms in total. The maximum Gasteiger partial charge on any atom is 0.307 e. The fourth-order valence-electron chi connectivity index (χ4n) is 9.04. The maximum atomic E-state index is 6.90. The molecule has 0 atom stereocenters. The number of rotatable bonds is 7. The highest BCUT2D eigenvalue weighted by Crippen LogP contribution is 2.41. The van der Waals surface area contributed by atoms with E-state index in [4.69, 9.17) is 14.4 Å². The first-order valence-corrected chi connectivity index (χ1v) is 20.9. The van der Waals surface area contributed by atoms with E-state index in [0.29, 0.717) is 5.82 Å². The third kappa shape index (κ3) is 5.98. The molecule has 0 aliphatic heterocycles. The smallest absolute Gasteiger partial charge is 0.307 e. The molecule has 0 spiro atoms. The van der Waals surface area contributed by atoms with Crippen molar-refractivity contribution in [2.75, 3.05) is 0 Å². The predicted octanol–water partition coefficient (Wildman–Crippen LogP) is 14.1. The summed E-state index contributed by atoms with van der Waals surface area (Å²) in [6.07, 6.45) is 1.90. The summed E-state index contributed by atoms with van der Waals surface area (Å²) in [4.78, 5) is 10.2.